The quantitative estimate of drug-likeness (QED) is 0.841. The van der Waals surface area contributed by atoms with E-state index in [1.165, 1.54) is 4.88 Å². The van der Waals surface area contributed by atoms with Gasteiger partial charge in [-0.3, -0.25) is 4.79 Å². The zero-order valence-electron chi connectivity index (χ0n) is 9.32. The van der Waals surface area contributed by atoms with Gasteiger partial charge in [0.25, 0.3) is 0 Å². The number of nitrogens with two attached hydrogens (primary N) is 1. The van der Waals surface area contributed by atoms with Crippen LogP contribution in [0.1, 0.15) is 30.6 Å². The van der Waals surface area contributed by atoms with E-state index in [0.29, 0.717) is 6.04 Å². The minimum atomic E-state index is -0.136. The molecule has 1 aromatic heterocycles. The summed E-state index contributed by atoms with van der Waals surface area (Å²) in [6, 6.07) is 4.65. The lowest BCUT2D eigenvalue weighted by Crippen LogP contribution is -2.37. The van der Waals surface area contributed by atoms with E-state index in [2.05, 4.69) is 22.8 Å². The normalized spacial score (nSPS) is 25.5. The van der Waals surface area contributed by atoms with Crippen LogP contribution in [0.4, 0.5) is 0 Å². The van der Waals surface area contributed by atoms with Crippen LogP contribution in [0.3, 0.4) is 0 Å². The Morgan fingerprint density at radius 2 is 2.44 bits per heavy atom. The lowest BCUT2D eigenvalue weighted by atomic mass is 9.85. The number of primary amides is 1. The molecular weight excluding hydrogens is 220 g/mol. The number of thiophene rings is 1. The minimum Gasteiger partial charge on any atom is -0.369 e. The number of carbonyl (C=O) groups is 1. The van der Waals surface area contributed by atoms with Gasteiger partial charge < -0.3 is 11.1 Å². The molecule has 0 aliphatic heterocycles. The van der Waals surface area contributed by atoms with Crippen LogP contribution < -0.4 is 11.1 Å². The van der Waals surface area contributed by atoms with Crippen LogP contribution in [0, 0.1) is 5.92 Å². The molecule has 88 valence electrons. The van der Waals surface area contributed by atoms with Crippen molar-refractivity contribution in [2.75, 3.05) is 0 Å². The van der Waals surface area contributed by atoms with Gasteiger partial charge in [0, 0.05) is 23.4 Å². The van der Waals surface area contributed by atoms with Gasteiger partial charge >= 0.3 is 0 Å². The Kier molecular flexibility index (Phi) is 3.96. The van der Waals surface area contributed by atoms with Gasteiger partial charge in [-0.2, -0.15) is 0 Å². The first-order valence-corrected chi connectivity index (χ1v) is 6.69. The van der Waals surface area contributed by atoms with E-state index in [0.717, 1.165) is 32.2 Å². The zero-order valence-corrected chi connectivity index (χ0v) is 10.1. The maximum atomic E-state index is 11.1. The number of amides is 1. The summed E-state index contributed by atoms with van der Waals surface area (Å²) in [4.78, 5) is 12.5. The fourth-order valence-electron chi connectivity index (χ4n) is 2.29. The molecule has 2 rings (SSSR count). The molecule has 3 nitrogen and oxygen atoms in total. The van der Waals surface area contributed by atoms with E-state index in [-0.39, 0.29) is 11.8 Å². The average Bonchev–Trinajstić information content (AvgIpc) is 2.79. The maximum absolute atomic E-state index is 11.1. The second kappa shape index (κ2) is 5.46. The van der Waals surface area contributed by atoms with Crippen LogP contribution in [0.15, 0.2) is 17.5 Å². The molecule has 0 radical (unpaired) electrons. The number of rotatable bonds is 4. The van der Waals surface area contributed by atoms with Gasteiger partial charge in [0.15, 0.2) is 0 Å². The summed E-state index contributed by atoms with van der Waals surface area (Å²) in [7, 11) is 0. The summed E-state index contributed by atoms with van der Waals surface area (Å²) >= 11 is 1.76. The van der Waals surface area contributed by atoms with Gasteiger partial charge in [-0.15, -0.1) is 11.3 Å². The topological polar surface area (TPSA) is 55.1 Å². The summed E-state index contributed by atoms with van der Waals surface area (Å²) in [5.74, 6) is -0.0581. The van der Waals surface area contributed by atoms with Crippen molar-refractivity contribution in [2.24, 2.45) is 11.7 Å². The van der Waals surface area contributed by atoms with E-state index in [4.69, 9.17) is 5.73 Å². The summed E-state index contributed by atoms with van der Waals surface area (Å²) in [6.45, 7) is 0.911. The van der Waals surface area contributed by atoms with E-state index in [1.54, 1.807) is 11.3 Å². The SMILES string of the molecule is NC(=O)C1CCCC(NCc2cccs2)C1. The van der Waals surface area contributed by atoms with Crippen LogP contribution in [-0.4, -0.2) is 11.9 Å². The Labute approximate surface area is 100 Å². The van der Waals surface area contributed by atoms with Gasteiger partial charge in [0.1, 0.15) is 0 Å². The lowest BCUT2D eigenvalue weighted by Gasteiger charge is -2.27. The fourth-order valence-corrected chi connectivity index (χ4v) is 2.95. The van der Waals surface area contributed by atoms with Crippen LogP contribution in [0.2, 0.25) is 0 Å². The molecule has 1 aliphatic carbocycles. The molecule has 0 spiro atoms. The van der Waals surface area contributed by atoms with Gasteiger partial charge in [0.05, 0.1) is 0 Å². The second-order valence-electron chi connectivity index (χ2n) is 4.42. The summed E-state index contributed by atoms with van der Waals surface area (Å²) < 4.78 is 0. The molecule has 0 bridgehead atoms. The van der Waals surface area contributed by atoms with Crippen LogP contribution in [-0.2, 0) is 11.3 Å². The summed E-state index contributed by atoms with van der Waals surface area (Å²) in [6.07, 6.45) is 4.14. The van der Waals surface area contributed by atoms with E-state index >= 15 is 0 Å². The lowest BCUT2D eigenvalue weighted by molar-refractivity contribution is -0.122. The van der Waals surface area contributed by atoms with Crippen molar-refractivity contribution in [3.63, 3.8) is 0 Å². The van der Waals surface area contributed by atoms with Crippen molar-refractivity contribution >= 4 is 17.2 Å². The maximum Gasteiger partial charge on any atom is 0.220 e. The van der Waals surface area contributed by atoms with Gasteiger partial charge in [-0.05, 0) is 30.7 Å². The van der Waals surface area contributed by atoms with E-state index in [9.17, 15) is 4.79 Å². The zero-order chi connectivity index (χ0) is 11.4. The Morgan fingerprint density at radius 3 is 3.12 bits per heavy atom. The Hall–Kier alpha value is -0.870. The smallest absolute Gasteiger partial charge is 0.220 e. The third-order valence-electron chi connectivity index (χ3n) is 3.22. The molecule has 2 atom stereocenters. The Bertz CT molecular complexity index is 337. The van der Waals surface area contributed by atoms with Crippen LogP contribution in [0.25, 0.3) is 0 Å². The third-order valence-corrected chi connectivity index (χ3v) is 4.10. The highest BCUT2D eigenvalue weighted by Gasteiger charge is 2.25. The molecule has 1 amide bonds. The molecule has 1 aliphatic rings. The molecule has 0 aromatic carbocycles. The van der Waals surface area contributed by atoms with Crippen LogP contribution in [0.5, 0.6) is 0 Å². The minimum absolute atomic E-state index is 0.0783. The molecule has 1 fully saturated rings. The first-order chi connectivity index (χ1) is 7.75. The van der Waals surface area contributed by atoms with Crippen molar-refractivity contribution in [1.29, 1.82) is 0 Å². The van der Waals surface area contributed by atoms with Gasteiger partial charge in [-0.1, -0.05) is 12.5 Å². The number of carbonyl (C=O) groups excluding carboxylic acids is 1. The highest BCUT2D eigenvalue weighted by molar-refractivity contribution is 7.09. The van der Waals surface area contributed by atoms with Crippen molar-refractivity contribution < 1.29 is 4.79 Å². The second-order valence-corrected chi connectivity index (χ2v) is 5.46. The molecule has 1 heterocycles. The standard InChI is InChI=1S/C12H18N2OS/c13-12(15)9-3-1-4-10(7-9)14-8-11-5-2-6-16-11/h2,5-6,9-10,14H,1,3-4,7-8H2,(H2,13,15). The van der Waals surface area contributed by atoms with Gasteiger partial charge in [-0.25, -0.2) is 0 Å². The molecule has 16 heavy (non-hydrogen) atoms. The van der Waals surface area contributed by atoms with Crippen molar-refractivity contribution in [2.45, 2.75) is 38.3 Å². The molecule has 3 N–H and O–H groups in total. The molecule has 1 aromatic rings. The van der Waals surface area contributed by atoms with E-state index in [1.807, 2.05) is 0 Å². The molecule has 2 unspecified atom stereocenters. The third kappa shape index (κ3) is 3.06. The summed E-state index contributed by atoms with van der Waals surface area (Å²) in [5.41, 5.74) is 5.36. The molecule has 4 heteroatoms. The van der Waals surface area contributed by atoms with Crippen molar-refractivity contribution in [1.82, 2.24) is 5.32 Å². The van der Waals surface area contributed by atoms with Crippen molar-refractivity contribution in [3.05, 3.63) is 22.4 Å². The Balaban J connectivity index is 1.79. The average molecular weight is 238 g/mol. The number of nitrogens with one attached hydrogen (secondary N) is 1. The fraction of sp³-hybridized carbons (Fsp3) is 0.583. The first-order valence-electron chi connectivity index (χ1n) is 5.81. The molecule has 1 saturated carbocycles. The van der Waals surface area contributed by atoms with Crippen LogP contribution >= 0.6 is 11.3 Å². The number of hydrogen-bond acceptors (Lipinski definition) is 3. The highest BCUT2D eigenvalue weighted by atomic mass is 32.1. The van der Waals surface area contributed by atoms with Gasteiger partial charge in [0.2, 0.25) is 5.91 Å². The Morgan fingerprint density at radius 1 is 1.56 bits per heavy atom. The molecular formula is C12H18N2OS. The van der Waals surface area contributed by atoms with Crippen molar-refractivity contribution in [3.8, 4) is 0 Å². The monoisotopic (exact) mass is 238 g/mol. The number of hydrogen-bond donors (Lipinski definition) is 2. The first kappa shape index (κ1) is 11.6. The molecule has 0 saturated heterocycles. The predicted octanol–water partition coefficient (Wildman–Crippen LogP) is 1.88. The summed E-state index contributed by atoms with van der Waals surface area (Å²) in [5, 5.41) is 5.60. The predicted molar refractivity (Wildman–Crippen MR) is 66.1 cm³/mol. The highest BCUT2D eigenvalue weighted by Crippen LogP contribution is 2.24. The largest absolute Gasteiger partial charge is 0.369 e. The van der Waals surface area contributed by atoms with E-state index < -0.39 is 0 Å².